The smallest absolute Gasteiger partial charge is 0.267 e. The first kappa shape index (κ1) is 13.4. The van der Waals surface area contributed by atoms with Crippen molar-refractivity contribution in [1.82, 2.24) is 4.98 Å². The fourth-order valence-corrected chi connectivity index (χ4v) is 1.28. The number of ether oxygens (including phenoxy) is 1. The SMILES string of the molecule is CC(C)OCCCNc1cccc(C(N)=O)n1. The third kappa shape index (κ3) is 5.31. The molecule has 1 amide bonds. The molecule has 3 N–H and O–H groups in total. The standard InChI is InChI=1S/C12H19N3O2/c1-9(2)17-8-4-7-14-11-6-3-5-10(15-11)12(13)16/h3,5-6,9H,4,7-8H2,1-2H3,(H2,13,16)(H,14,15). The number of amides is 1. The monoisotopic (exact) mass is 237 g/mol. The summed E-state index contributed by atoms with van der Waals surface area (Å²) in [6.45, 7) is 5.47. The van der Waals surface area contributed by atoms with Gasteiger partial charge in [-0.2, -0.15) is 0 Å². The van der Waals surface area contributed by atoms with Gasteiger partial charge in [0.1, 0.15) is 11.5 Å². The number of rotatable bonds is 7. The van der Waals surface area contributed by atoms with Gasteiger partial charge < -0.3 is 15.8 Å². The lowest BCUT2D eigenvalue weighted by Crippen LogP contribution is -2.15. The van der Waals surface area contributed by atoms with Crippen molar-refractivity contribution in [2.45, 2.75) is 26.4 Å². The molecule has 17 heavy (non-hydrogen) atoms. The van der Waals surface area contributed by atoms with E-state index in [1.807, 2.05) is 13.8 Å². The van der Waals surface area contributed by atoms with Crippen molar-refractivity contribution in [1.29, 1.82) is 0 Å². The Balaban J connectivity index is 2.31. The normalized spacial score (nSPS) is 10.5. The molecule has 0 aliphatic heterocycles. The van der Waals surface area contributed by atoms with E-state index >= 15 is 0 Å². The van der Waals surface area contributed by atoms with Crippen molar-refractivity contribution in [3.05, 3.63) is 23.9 Å². The van der Waals surface area contributed by atoms with E-state index in [-0.39, 0.29) is 11.8 Å². The first-order valence-electron chi connectivity index (χ1n) is 5.72. The Labute approximate surface area is 101 Å². The molecule has 1 rings (SSSR count). The molecule has 0 saturated heterocycles. The molecule has 94 valence electrons. The maximum Gasteiger partial charge on any atom is 0.267 e. The number of carbonyl (C=O) groups is 1. The Hall–Kier alpha value is -1.62. The third-order valence-electron chi connectivity index (χ3n) is 2.08. The summed E-state index contributed by atoms with van der Waals surface area (Å²) in [6, 6.07) is 5.14. The van der Waals surface area contributed by atoms with E-state index in [9.17, 15) is 4.79 Å². The molecule has 1 aromatic heterocycles. The lowest BCUT2D eigenvalue weighted by Gasteiger charge is -2.08. The van der Waals surface area contributed by atoms with Gasteiger partial charge in [-0.25, -0.2) is 4.98 Å². The second-order valence-corrected chi connectivity index (χ2v) is 3.97. The second kappa shape index (κ2) is 6.85. The fraction of sp³-hybridized carbons (Fsp3) is 0.500. The number of nitrogens with zero attached hydrogens (tertiary/aromatic N) is 1. The number of hydrogen-bond acceptors (Lipinski definition) is 4. The van der Waals surface area contributed by atoms with Crippen molar-refractivity contribution in [2.24, 2.45) is 5.73 Å². The van der Waals surface area contributed by atoms with Crippen LogP contribution in [-0.4, -0.2) is 30.1 Å². The molecule has 0 saturated carbocycles. The molecule has 0 aliphatic rings. The highest BCUT2D eigenvalue weighted by Gasteiger charge is 2.02. The van der Waals surface area contributed by atoms with Crippen LogP contribution in [0.5, 0.6) is 0 Å². The molecule has 0 fully saturated rings. The minimum atomic E-state index is -0.517. The van der Waals surface area contributed by atoms with E-state index in [4.69, 9.17) is 10.5 Å². The Morgan fingerprint density at radius 1 is 1.53 bits per heavy atom. The largest absolute Gasteiger partial charge is 0.379 e. The lowest BCUT2D eigenvalue weighted by molar-refractivity contribution is 0.0787. The number of nitrogens with two attached hydrogens (primary N) is 1. The van der Waals surface area contributed by atoms with Crippen LogP contribution < -0.4 is 11.1 Å². The average Bonchev–Trinajstić information content (AvgIpc) is 2.28. The zero-order valence-corrected chi connectivity index (χ0v) is 10.3. The van der Waals surface area contributed by atoms with Gasteiger partial charge in [-0.15, -0.1) is 0 Å². The average molecular weight is 237 g/mol. The maximum atomic E-state index is 10.9. The summed E-state index contributed by atoms with van der Waals surface area (Å²) in [4.78, 5) is 15.0. The van der Waals surface area contributed by atoms with Crippen molar-refractivity contribution in [2.75, 3.05) is 18.5 Å². The number of anilines is 1. The Morgan fingerprint density at radius 2 is 2.29 bits per heavy atom. The molecule has 0 spiro atoms. The third-order valence-corrected chi connectivity index (χ3v) is 2.08. The highest BCUT2D eigenvalue weighted by Crippen LogP contribution is 2.04. The van der Waals surface area contributed by atoms with Crippen molar-refractivity contribution >= 4 is 11.7 Å². The van der Waals surface area contributed by atoms with Crippen molar-refractivity contribution in [3.63, 3.8) is 0 Å². The summed E-state index contributed by atoms with van der Waals surface area (Å²) in [5.41, 5.74) is 5.41. The number of primary amides is 1. The molecule has 5 heteroatoms. The van der Waals surface area contributed by atoms with Gasteiger partial charge in [0.2, 0.25) is 0 Å². The minimum absolute atomic E-state index is 0.256. The zero-order chi connectivity index (χ0) is 12.7. The van der Waals surface area contributed by atoms with E-state index in [1.54, 1.807) is 18.2 Å². The quantitative estimate of drug-likeness (QED) is 0.703. The molecule has 0 bridgehead atoms. The summed E-state index contributed by atoms with van der Waals surface area (Å²) in [7, 11) is 0. The van der Waals surface area contributed by atoms with Gasteiger partial charge in [0.15, 0.2) is 0 Å². The molecule has 0 unspecified atom stereocenters. The summed E-state index contributed by atoms with van der Waals surface area (Å²) in [6.07, 6.45) is 1.15. The van der Waals surface area contributed by atoms with Crippen molar-refractivity contribution in [3.8, 4) is 0 Å². The summed E-state index contributed by atoms with van der Waals surface area (Å²) >= 11 is 0. The van der Waals surface area contributed by atoms with Gasteiger partial charge in [0, 0.05) is 13.2 Å². The van der Waals surface area contributed by atoms with Crippen LogP contribution in [0.25, 0.3) is 0 Å². The predicted molar refractivity (Wildman–Crippen MR) is 66.9 cm³/mol. The molecule has 5 nitrogen and oxygen atoms in total. The van der Waals surface area contributed by atoms with Crippen molar-refractivity contribution < 1.29 is 9.53 Å². The summed E-state index contributed by atoms with van der Waals surface area (Å²) < 4.78 is 5.41. The van der Waals surface area contributed by atoms with E-state index < -0.39 is 5.91 Å². The first-order chi connectivity index (χ1) is 8.09. The highest BCUT2D eigenvalue weighted by molar-refractivity contribution is 5.91. The number of aromatic nitrogens is 1. The van der Waals surface area contributed by atoms with Gasteiger partial charge in [0.05, 0.1) is 6.10 Å². The maximum absolute atomic E-state index is 10.9. The molecular weight excluding hydrogens is 218 g/mol. The highest BCUT2D eigenvalue weighted by atomic mass is 16.5. The summed E-state index contributed by atoms with van der Waals surface area (Å²) in [5, 5.41) is 3.11. The molecule has 0 aromatic carbocycles. The van der Waals surface area contributed by atoms with Crippen LogP contribution in [0.15, 0.2) is 18.2 Å². The molecule has 0 atom stereocenters. The minimum Gasteiger partial charge on any atom is -0.379 e. The Kier molecular flexibility index (Phi) is 5.42. The van der Waals surface area contributed by atoms with Crippen LogP contribution in [0.3, 0.4) is 0 Å². The first-order valence-corrected chi connectivity index (χ1v) is 5.72. The predicted octanol–water partition coefficient (Wildman–Crippen LogP) is 1.41. The van der Waals surface area contributed by atoms with Crippen LogP contribution in [0, 0.1) is 0 Å². The molecule has 1 heterocycles. The van der Waals surface area contributed by atoms with Crippen LogP contribution in [-0.2, 0) is 4.74 Å². The number of nitrogens with one attached hydrogen (secondary N) is 1. The summed E-state index contributed by atoms with van der Waals surface area (Å²) in [5.74, 6) is 0.141. The van der Waals surface area contributed by atoms with Gasteiger partial charge in [0.25, 0.3) is 5.91 Å². The van der Waals surface area contributed by atoms with E-state index in [1.165, 1.54) is 0 Å². The second-order valence-electron chi connectivity index (χ2n) is 3.97. The lowest BCUT2D eigenvalue weighted by atomic mass is 10.3. The van der Waals surface area contributed by atoms with Gasteiger partial charge >= 0.3 is 0 Å². The molecule has 0 aliphatic carbocycles. The number of hydrogen-bond donors (Lipinski definition) is 2. The Bertz CT molecular complexity index is 367. The number of pyridine rings is 1. The van der Waals surface area contributed by atoms with Gasteiger partial charge in [-0.05, 0) is 32.4 Å². The molecular formula is C12H19N3O2. The van der Waals surface area contributed by atoms with Gasteiger partial charge in [-0.3, -0.25) is 4.79 Å². The van der Waals surface area contributed by atoms with Crippen LogP contribution in [0.1, 0.15) is 30.8 Å². The molecule has 0 radical (unpaired) electrons. The number of carbonyl (C=O) groups excluding carboxylic acids is 1. The van der Waals surface area contributed by atoms with E-state index in [2.05, 4.69) is 10.3 Å². The van der Waals surface area contributed by atoms with Crippen LogP contribution in [0.2, 0.25) is 0 Å². The van der Waals surface area contributed by atoms with Crippen LogP contribution >= 0.6 is 0 Å². The van der Waals surface area contributed by atoms with E-state index in [0.717, 1.165) is 13.0 Å². The van der Waals surface area contributed by atoms with Crippen LogP contribution in [0.4, 0.5) is 5.82 Å². The fourth-order valence-electron chi connectivity index (χ4n) is 1.28. The van der Waals surface area contributed by atoms with E-state index in [0.29, 0.717) is 12.4 Å². The zero-order valence-electron chi connectivity index (χ0n) is 10.3. The molecule has 1 aromatic rings. The Morgan fingerprint density at radius 3 is 2.94 bits per heavy atom. The van der Waals surface area contributed by atoms with Gasteiger partial charge in [-0.1, -0.05) is 6.07 Å². The topological polar surface area (TPSA) is 77.2 Å².